The quantitative estimate of drug-likeness (QED) is 0.204. The summed E-state index contributed by atoms with van der Waals surface area (Å²) >= 11 is 6.00. The van der Waals surface area contributed by atoms with Crippen molar-refractivity contribution in [2.24, 2.45) is 4.99 Å². The summed E-state index contributed by atoms with van der Waals surface area (Å²) < 4.78 is 11.2. The second-order valence-corrected chi connectivity index (χ2v) is 8.95. The van der Waals surface area contributed by atoms with Crippen LogP contribution in [0.1, 0.15) is 45.8 Å². The van der Waals surface area contributed by atoms with Gasteiger partial charge in [0.05, 0.1) is 29.9 Å². The van der Waals surface area contributed by atoms with Gasteiger partial charge in [0.1, 0.15) is 22.1 Å². The molecule has 9 nitrogen and oxygen atoms in total. The van der Waals surface area contributed by atoms with Crippen LogP contribution in [-0.4, -0.2) is 36.3 Å². The van der Waals surface area contributed by atoms with Gasteiger partial charge in [-0.1, -0.05) is 17.7 Å². The van der Waals surface area contributed by atoms with Crippen LogP contribution in [0.15, 0.2) is 50.6 Å². The number of aromatic nitrogens is 2. The number of methoxy groups -OCH3 is 1. The predicted molar refractivity (Wildman–Crippen MR) is 146 cm³/mol. The normalized spacial score (nSPS) is 12.2. The Balaban J connectivity index is 1.89. The van der Waals surface area contributed by atoms with E-state index in [1.165, 1.54) is 7.11 Å². The van der Waals surface area contributed by atoms with Crippen LogP contribution in [0.3, 0.4) is 0 Å². The molecule has 37 heavy (non-hydrogen) atoms. The van der Waals surface area contributed by atoms with Crippen molar-refractivity contribution in [3.63, 3.8) is 0 Å². The molecule has 4 rings (SSSR count). The number of ether oxygens (including phenoxy) is 1. The Labute approximate surface area is 218 Å². The zero-order valence-electron chi connectivity index (χ0n) is 21.0. The SMILES string of the molecule is CN=Cc1nc(-c2oc3c(C(C)Nc4ccc(Cl)nc4C(=O)OC)cc(C)cc3c(=O)c2C)ccc1N. The summed E-state index contributed by atoms with van der Waals surface area (Å²) in [5.74, 6) is -0.291. The summed E-state index contributed by atoms with van der Waals surface area (Å²) in [6.07, 6.45) is 1.55. The number of esters is 1. The van der Waals surface area contributed by atoms with Gasteiger partial charge in [-0.3, -0.25) is 9.79 Å². The summed E-state index contributed by atoms with van der Waals surface area (Å²) in [7, 11) is 2.90. The molecule has 0 aliphatic heterocycles. The highest BCUT2D eigenvalue weighted by Crippen LogP contribution is 2.32. The highest BCUT2D eigenvalue weighted by atomic mass is 35.5. The van der Waals surface area contributed by atoms with Crippen molar-refractivity contribution >= 4 is 46.1 Å². The van der Waals surface area contributed by atoms with Crippen LogP contribution in [-0.2, 0) is 4.74 Å². The van der Waals surface area contributed by atoms with Gasteiger partial charge in [0, 0.05) is 24.4 Å². The molecule has 0 aliphatic carbocycles. The molecule has 0 spiro atoms. The van der Waals surface area contributed by atoms with Crippen LogP contribution in [0, 0.1) is 13.8 Å². The lowest BCUT2D eigenvalue weighted by atomic mass is 9.99. The number of benzene rings is 1. The Kier molecular flexibility index (Phi) is 7.26. The molecule has 4 aromatic rings. The van der Waals surface area contributed by atoms with Crippen molar-refractivity contribution in [3.05, 3.63) is 79.9 Å². The number of anilines is 2. The van der Waals surface area contributed by atoms with E-state index < -0.39 is 12.0 Å². The molecule has 190 valence electrons. The number of pyridine rings is 2. The topological polar surface area (TPSA) is 133 Å². The molecule has 0 fully saturated rings. The first-order valence-corrected chi connectivity index (χ1v) is 11.8. The van der Waals surface area contributed by atoms with E-state index >= 15 is 0 Å². The third kappa shape index (κ3) is 5.03. The Bertz CT molecular complexity index is 1610. The molecular formula is C27H26ClN5O4. The van der Waals surface area contributed by atoms with Crippen LogP contribution in [0.5, 0.6) is 0 Å². The summed E-state index contributed by atoms with van der Waals surface area (Å²) in [5.41, 5.74) is 10.2. The van der Waals surface area contributed by atoms with Crippen molar-refractivity contribution in [2.75, 3.05) is 25.2 Å². The molecule has 1 aromatic carbocycles. The van der Waals surface area contributed by atoms with E-state index in [1.54, 1.807) is 50.5 Å². The number of nitrogens with two attached hydrogens (primary N) is 1. The minimum absolute atomic E-state index is 0.0491. The van der Waals surface area contributed by atoms with Gasteiger partial charge in [0.15, 0.2) is 16.9 Å². The van der Waals surface area contributed by atoms with E-state index in [1.807, 2.05) is 19.9 Å². The van der Waals surface area contributed by atoms with E-state index in [4.69, 9.17) is 26.5 Å². The summed E-state index contributed by atoms with van der Waals surface area (Å²) in [4.78, 5) is 38.4. The maximum Gasteiger partial charge on any atom is 0.358 e. The number of nitrogens with zero attached hydrogens (tertiary/aromatic N) is 3. The first-order chi connectivity index (χ1) is 17.6. The van der Waals surface area contributed by atoms with Crippen LogP contribution < -0.4 is 16.5 Å². The van der Waals surface area contributed by atoms with Gasteiger partial charge in [-0.25, -0.2) is 14.8 Å². The first-order valence-electron chi connectivity index (χ1n) is 11.4. The third-order valence-electron chi connectivity index (χ3n) is 5.91. The van der Waals surface area contributed by atoms with E-state index in [0.29, 0.717) is 50.6 Å². The zero-order chi connectivity index (χ0) is 26.9. The molecule has 0 saturated carbocycles. The van der Waals surface area contributed by atoms with Crippen LogP contribution in [0.2, 0.25) is 5.15 Å². The summed E-state index contributed by atoms with van der Waals surface area (Å²) in [5, 5.41) is 3.89. The number of fused-ring (bicyclic) bond motifs is 1. The van der Waals surface area contributed by atoms with Gasteiger partial charge in [0.2, 0.25) is 0 Å². The second-order valence-electron chi connectivity index (χ2n) is 8.56. The molecule has 0 radical (unpaired) electrons. The minimum Gasteiger partial charge on any atom is -0.464 e. The lowest BCUT2D eigenvalue weighted by Crippen LogP contribution is -2.15. The van der Waals surface area contributed by atoms with Gasteiger partial charge in [0.25, 0.3) is 0 Å². The molecule has 1 unspecified atom stereocenters. The van der Waals surface area contributed by atoms with Gasteiger partial charge < -0.3 is 20.2 Å². The van der Waals surface area contributed by atoms with Crippen molar-refractivity contribution < 1.29 is 13.9 Å². The molecule has 0 saturated heterocycles. The third-order valence-corrected chi connectivity index (χ3v) is 6.12. The number of aliphatic imine (C=N–C) groups is 1. The molecule has 10 heteroatoms. The maximum atomic E-state index is 13.5. The second kappa shape index (κ2) is 10.4. The average molecular weight is 520 g/mol. The van der Waals surface area contributed by atoms with Crippen molar-refractivity contribution in [1.82, 2.24) is 9.97 Å². The molecule has 3 heterocycles. The van der Waals surface area contributed by atoms with Crippen molar-refractivity contribution in [1.29, 1.82) is 0 Å². The Morgan fingerprint density at radius 3 is 2.68 bits per heavy atom. The largest absolute Gasteiger partial charge is 0.464 e. The molecule has 3 aromatic heterocycles. The van der Waals surface area contributed by atoms with Crippen LogP contribution in [0.4, 0.5) is 11.4 Å². The number of carbonyl (C=O) groups excluding carboxylic acids is 1. The molecule has 0 bridgehead atoms. The van der Waals surface area contributed by atoms with Gasteiger partial charge in [-0.2, -0.15) is 0 Å². The number of nitrogen functional groups attached to an aromatic ring is 1. The molecule has 3 N–H and O–H groups in total. The number of rotatable bonds is 6. The lowest BCUT2D eigenvalue weighted by Gasteiger charge is -2.20. The smallest absolute Gasteiger partial charge is 0.358 e. The van der Waals surface area contributed by atoms with Crippen molar-refractivity contribution in [2.45, 2.75) is 26.8 Å². The zero-order valence-corrected chi connectivity index (χ0v) is 21.8. The number of carbonyl (C=O) groups is 1. The molecule has 1 atom stereocenters. The van der Waals surface area contributed by atoms with E-state index in [9.17, 15) is 9.59 Å². The Morgan fingerprint density at radius 1 is 1.22 bits per heavy atom. The monoisotopic (exact) mass is 519 g/mol. The van der Waals surface area contributed by atoms with Gasteiger partial charge in [-0.15, -0.1) is 0 Å². The number of aryl methyl sites for hydroxylation is 1. The minimum atomic E-state index is -0.628. The highest BCUT2D eigenvalue weighted by molar-refractivity contribution is 6.29. The number of halogens is 1. The highest BCUT2D eigenvalue weighted by Gasteiger charge is 2.22. The van der Waals surface area contributed by atoms with E-state index in [0.717, 1.165) is 5.56 Å². The maximum absolute atomic E-state index is 13.5. The standard InChI is InChI=1S/C27H26ClN5O4/c1-13-10-16(15(3)31-19-8-9-22(28)33-23(19)27(35)36-5)26-17(11-13)24(34)14(2)25(37-26)20-7-6-18(29)21(32-20)12-30-4/h6-12,15,31H,29H2,1-5H3. The number of nitrogens with one attached hydrogen (secondary N) is 1. The van der Waals surface area contributed by atoms with Crippen LogP contribution >= 0.6 is 11.6 Å². The summed E-state index contributed by atoms with van der Waals surface area (Å²) in [6.45, 7) is 5.50. The van der Waals surface area contributed by atoms with E-state index in [-0.39, 0.29) is 16.3 Å². The predicted octanol–water partition coefficient (Wildman–Crippen LogP) is 5.11. The van der Waals surface area contributed by atoms with Crippen LogP contribution in [0.25, 0.3) is 22.4 Å². The van der Waals surface area contributed by atoms with E-state index in [2.05, 4.69) is 20.3 Å². The Hall–Kier alpha value is -4.24. The first kappa shape index (κ1) is 25.8. The number of hydrogen-bond donors (Lipinski definition) is 2. The Morgan fingerprint density at radius 2 is 1.97 bits per heavy atom. The fourth-order valence-electron chi connectivity index (χ4n) is 4.09. The average Bonchev–Trinajstić information content (AvgIpc) is 2.88. The lowest BCUT2D eigenvalue weighted by molar-refractivity contribution is 0.0595. The fourth-order valence-corrected chi connectivity index (χ4v) is 4.23. The molecule has 0 amide bonds. The van der Waals surface area contributed by atoms with Gasteiger partial charge in [-0.05, 0) is 56.7 Å². The molecular weight excluding hydrogens is 494 g/mol. The molecule has 0 aliphatic rings. The van der Waals surface area contributed by atoms with Gasteiger partial charge >= 0.3 is 5.97 Å². The fraction of sp³-hybridized carbons (Fsp3) is 0.222. The summed E-state index contributed by atoms with van der Waals surface area (Å²) in [6, 6.07) is 9.95. The van der Waals surface area contributed by atoms with Crippen molar-refractivity contribution in [3.8, 4) is 11.5 Å². The number of hydrogen-bond acceptors (Lipinski definition) is 9.